The fourth-order valence-corrected chi connectivity index (χ4v) is 2.47. The highest BCUT2D eigenvalue weighted by atomic mass is 16.6. The number of aromatic nitrogens is 2. The SMILES string of the molecule is CCOC(=O)c1cc2c(N)c([N+](=O)[O-])cnc2n(CC(=O)OC(C)(C)C)c1=O. The molecule has 11 nitrogen and oxygen atoms in total. The van der Waals surface area contributed by atoms with E-state index in [1.54, 1.807) is 27.7 Å². The normalized spacial score (nSPS) is 11.3. The molecule has 0 spiro atoms. The number of nitrogen functional groups attached to an aromatic ring is 1. The Balaban J connectivity index is 2.75. The Hall–Kier alpha value is -3.50. The Labute approximate surface area is 159 Å². The molecule has 150 valence electrons. The topological polar surface area (TPSA) is 157 Å². The lowest BCUT2D eigenvalue weighted by Gasteiger charge is -2.20. The van der Waals surface area contributed by atoms with Crippen LogP contribution in [0.3, 0.4) is 0 Å². The fourth-order valence-electron chi connectivity index (χ4n) is 2.47. The van der Waals surface area contributed by atoms with Crippen molar-refractivity contribution in [1.82, 2.24) is 9.55 Å². The van der Waals surface area contributed by atoms with E-state index in [0.29, 0.717) is 0 Å². The molecule has 28 heavy (non-hydrogen) atoms. The molecule has 0 atom stereocenters. The van der Waals surface area contributed by atoms with Crippen molar-refractivity contribution in [1.29, 1.82) is 0 Å². The predicted octanol–water partition coefficient (Wildman–Crippen LogP) is 1.41. The summed E-state index contributed by atoms with van der Waals surface area (Å²) in [5.41, 5.74) is 2.89. The van der Waals surface area contributed by atoms with Gasteiger partial charge in [-0.05, 0) is 33.8 Å². The number of nitrogens with two attached hydrogens (primary N) is 1. The Morgan fingerprint density at radius 2 is 2.00 bits per heavy atom. The Morgan fingerprint density at radius 1 is 1.36 bits per heavy atom. The Kier molecular flexibility index (Phi) is 5.67. The molecule has 0 radical (unpaired) electrons. The maximum Gasteiger partial charge on any atom is 0.343 e. The van der Waals surface area contributed by atoms with E-state index < -0.39 is 45.8 Å². The molecule has 2 heterocycles. The van der Waals surface area contributed by atoms with Crippen molar-refractivity contribution in [3.63, 3.8) is 0 Å². The lowest BCUT2D eigenvalue weighted by Crippen LogP contribution is -2.33. The summed E-state index contributed by atoms with van der Waals surface area (Å²) in [5, 5.41) is 11.1. The fraction of sp³-hybridized carbons (Fsp3) is 0.412. The minimum absolute atomic E-state index is 0.00501. The zero-order valence-electron chi connectivity index (χ0n) is 15.8. The maximum absolute atomic E-state index is 12.8. The van der Waals surface area contributed by atoms with Crippen LogP contribution in [0.4, 0.5) is 11.4 Å². The van der Waals surface area contributed by atoms with Crippen molar-refractivity contribution < 1.29 is 24.0 Å². The molecular formula is C17H20N4O7. The number of nitrogens with zero attached hydrogens (tertiary/aromatic N) is 3. The van der Waals surface area contributed by atoms with Gasteiger partial charge in [0.1, 0.15) is 35.2 Å². The number of carbonyl (C=O) groups is 2. The first-order valence-corrected chi connectivity index (χ1v) is 8.31. The standard InChI is InChI=1S/C17H20N4O7/c1-5-27-16(24)10-6-9-13(18)11(21(25)26)7-19-14(9)20(15(10)23)8-12(22)28-17(2,3)4/h6-7H,5,8H2,1-4H3,(H2,18,19). The van der Waals surface area contributed by atoms with Gasteiger partial charge in [0.15, 0.2) is 0 Å². The zero-order chi connectivity index (χ0) is 21.2. The summed E-state index contributed by atoms with van der Waals surface area (Å²) in [5.74, 6) is -1.70. The highest BCUT2D eigenvalue weighted by molar-refractivity contribution is 5.99. The largest absolute Gasteiger partial charge is 0.462 e. The highest BCUT2D eigenvalue weighted by Gasteiger charge is 2.25. The van der Waals surface area contributed by atoms with Crippen LogP contribution >= 0.6 is 0 Å². The van der Waals surface area contributed by atoms with Gasteiger partial charge in [-0.2, -0.15) is 0 Å². The Bertz CT molecular complexity index is 1020. The average Bonchev–Trinajstić information content (AvgIpc) is 2.55. The van der Waals surface area contributed by atoms with E-state index in [2.05, 4.69) is 4.98 Å². The van der Waals surface area contributed by atoms with Gasteiger partial charge >= 0.3 is 17.6 Å². The molecule has 0 saturated carbocycles. The van der Waals surface area contributed by atoms with Crippen molar-refractivity contribution >= 4 is 34.3 Å². The summed E-state index contributed by atoms with van der Waals surface area (Å²) in [4.78, 5) is 51.4. The van der Waals surface area contributed by atoms with E-state index in [1.165, 1.54) is 0 Å². The molecule has 11 heteroatoms. The number of anilines is 1. The molecule has 0 aliphatic rings. The van der Waals surface area contributed by atoms with Crippen molar-refractivity contribution in [2.24, 2.45) is 0 Å². The van der Waals surface area contributed by atoms with Gasteiger partial charge in [-0.15, -0.1) is 0 Å². The van der Waals surface area contributed by atoms with Gasteiger partial charge < -0.3 is 15.2 Å². The van der Waals surface area contributed by atoms with Gasteiger partial charge in [0.05, 0.1) is 11.5 Å². The Morgan fingerprint density at radius 3 is 2.54 bits per heavy atom. The van der Waals surface area contributed by atoms with E-state index in [9.17, 15) is 24.5 Å². The summed E-state index contributed by atoms with van der Waals surface area (Å²) < 4.78 is 10.9. The van der Waals surface area contributed by atoms with Crippen LogP contribution in [0, 0.1) is 10.1 Å². The summed E-state index contributed by atoms with van der Waals surface area (Å²) in [6.07, 6.45) is 0.882. The molecule has 2 aromatic rings. The molecule has 2 rings (SSSR count). The quantitative estimate of drug-likeness (QED) is 0.451. The first-order chi connectivity index (χ1) is 13.0. The van der Waals surface area contributed by atoms with Gasteiger partial charge in [-0.3, -0.25) is 24.3 Å². The van der Waals surface area contributed by atoms with Crippen LogP contribution in [0.5, 0.6) is 0 Å². The van der Waals surface area contributed by atoms with Gasteiger partial charge in [0.25, 0.3) is 5.56 Å². The van der Waals surface area contributed by atoms with Crippen molar-refractivity contribution in [3.05, 3.63) is 38.3 Å². The third-order valence-electron chi connectivity index (χ3n) is 3.54. The van der Waals surface area contributed by atoms with Crippen molar-refractivity contribution in [3.8, 4) is 0 Å². The van der Waals surface area contributed by atoms with E-state index in [1.807, 2.05) is 0 Å². The second-order valence-corrected chi connectivity index (χ2v) is 6.81. The molecule has 0 unspecified atom stereocenters. The van der Waals surface area contributed by atoms with E-state index in [4.69, 9.17) is 15.2 Å². The number of carbonyl (C=O) groups excluding carboxylic acids is 2. The predicted molar refractivity (Wildman–Crippen MR) is 98.9 cm³/mol. The first-order valence-electron chi connectivity index (χ1n) is 8.31. The molecule has 0 aliphatic heterocycles. The summed E-state index contributed by atoms with van der Waals surface area (Å²) >= 11 is 0. The van der Waals surface area contributed by atoms with Gasteiger partial charge in [0, 0.05) is 5.39 Å². The van der Waals surface area contributed by atoms with Crippen LogP contribution in [0.2, 0.25) is 0 Å². The van der Waals surface area contributed by atoms with E-state index >= 15 is 0 Å². The number of pyridine rings is 2. The van der Waals surface area contributed by atoms with Crippen LogP contribution in [0.1, 0.15) is 38.1 Å². The number of rotatable bonds is 5. The molecule has 0 aliphatic carbocycles. The lowest BCUT2D eigenvalue weighted by molar-refractivity contribution is -0.384. The molecule has 0 fully saturated rings. The summed E-state index contributed by atoms with van der Waals surface area (Å²) in [6, 6.07) is 1.08. The van der Waals surface area contributed by atoms with Crippen LogP contribution in [-0.2, 0) is 20.8 Å². The zero-order valence-corrected chi connectivity index (χ0v) is 15.8. The van der Waals surface area contributed by atoms with E-state index in [-0.39, 0.29) is 23.3 Å². The molecule has 2 aromatic heterocycles. The number of esters is 2. The second-order valence-electron chi connectivity index (χ2n) is 6.81. The molecule has 0 amide bonds. The van der Waals surface area contributed by atoms with Crippen LogP contribution in [0.15, 0.2) is 17.1 Å². The number of nitro groups is 1. The number of fused-ring (bicyclic) bond motifs is 1. The molecule has 0 bridgehead atoms. The third kappa shape index (κ3) is 4.24. The average molecular weight is 392 g/mol. The van der Waals surface area contributed by atoms with Crippen molar-refractivity contribution in [2.45, 2.75) is 39.8 Å². The van der Waals surface area contributed by atoms with Gasteiger partial charge in [-0.1, -0.05) is 0 Å². The molecule has 0 saturated heterocycles. The monoisotopic (exact) mass is 392 g/mol. The minimum atomic E-state index is -0.946. The van der Waals surface area contributed by atoms with E-state index in [0.717, 1.165) is 16.8 Å². The summed E-state index contributed by atoms with van der Waals surface area (Å²) in [7, 11) is 0. The second kappa shape index (κ2) is 7.62. The smallest absolute Gasteiger partial charge is 0.343 e. The number of hydrogen-bond donors (Lipinski definition) is 1. The number of ether oxygens (including phenoxy) is 2. The summed E-state index contributed by atoms with van der Waals surface area (Å²) in [6.45, 7) is 5.95. The highest BCUT2D eigenvalue weighted by Crippen LogP contribution is 2.28. The van der Waals surface area contributed by atoms with Crippen LogP contribution in [0.25, 0.3) is 11.0 Å². The van der Waals surface area contributed by atoms with Crippen molar-refractivity contribution in [2.75, 3.05) is 12.3 Å². The number of hydrogen-bond acceptors (Lipinski definition) is 9. The van der Waals surface area contributed by atoms with Crippen LogP contribution in [-0.4, -0.2) is 38.6 Å². The molecule has 2 N–H and O–H groups in total. The van der Waals surface area contributed by atoms with Gasteiger partial charge in [0.2, 0.25) is 0 Å². The maximum atomic E-state index is 12.8. The van der Waals surface area contributed by atoms with Gasteiger partial charge in [-0.25, -0.2) is 9.78 Å². The third-order valence-corrected chi connectivity index (χ3v) is 3.54. The molecular weight excluding hydrogens is 372 g/mol. The lowest BCUT2D eigenvalue weighted by atomic mass is 10.1. The first kappa shape index (κ1) is 20.8. The van der Waals surface area contributed by atoms with Crippen LogP contribution < -0.4 is 11.3 Å². The minimum Gasteiger partial charge on any atom is -0.462 e. The molecule has 0 aromatic carbocycles.